The molecule has 0 bridgehead atoms. The van der Waals surface area contributed by atoms with Crippen molar-refractivity contribution in [1.82, 2.24) is 0 Å². The van der Waals surface area contributed by atoms with Crippen LogP contribution < -0.4 is 0 Å². The van der Waals surface area contributed by atoms with E-state index in [0.717, 1.165) is 0 Å². The number of halogens is 6. The number of ketones is 2. The van der Waals surface area contributed by atoms with Crippen LogP contribution in [0.25, 0.3) is 0 Å². The van der Waals surface area contributed by atoms with E-state index < -0.39 is 66.9 Å². The number of Topliss-reactive ketones (excluding diaryl/α,β-unsaturated/α-hetero) is 2. The second-order valence-electron chi connectivity index (χ2n) is 10.5. The molecule has 2 aliphatic carbocycles. The highest BCUT2D eigenvalue weighted by atomic mass is 19.4. The summed E-state index contributed by atoms with van der Waals surface area (Å²) in [6.07, 6.45) is -12.5. The number of carbonyl (C=O) groups is 2. The van der Waals surface area contributed by atoms with Gasteiger partial charge in [-0.3, -0.25) is 9.59 Å². The van der Waals surface area contributed by atoms with Gasteiger partial charge in [-0.1, -0.05) is 27.7 Å². The SMILES string of the molecule is CC1(C)CCC(C(=O)CC(=O)C2(C(F)(F)F)CCC(C)(C)CC2)(C(F)(F)F)CC1. The maximum atomic E-state index is 13.9. The van der Waals surface area contributed by atoms with Gasteiger partial charge in [-0.15, -0.1) is 0 Å². The molecule has 0 N–H and O–H groups in total. The van der Waals surface area contributed by atoms with Crippen molar-refractivity contribution in [1.29, 1.82) is 0 Å². The fourth-order valence-corrected chi connectivity index (χ4v) is 4.63. The maximum Gasteiger partial charge on any atom is 0.401 e. The summed E-state index contributed by atoms with van der Waals surface area (Å²) in [5.74, 6) is -2.81. The van der Waals surface area contributed by atoms with Crippen molar-refractivity contribution in [3.63, 3.8) is 0 Å². The number of carbonyl (C=O) groups excluding carboxylic acids is 2. The van der Waals surface area contributed by atoms with E-state index in [-0.39, 0.29) is 36.5 Å². The van der Waals surface area contributed by atoms with Gasteiger partial charge in [0.1, 0.15) is 10.8 Å². The van der Waals surface area contributed by atoms with Crippen LogP contribution in [-0.4, -0.2) is 23.9 Å². The average Bonchev–Trinajstić information content (AvgIpc) is 2.52. The van der Waals surface area contributed by atoms with Crippen LogP contribution in [-0.2, 0) is 9.59 Å². The van der Waals surface area contributed by atoms with E-state index in [1.54, 1.807) is 27.7 Å². The third-order valence-electron chi connectivity index (χ3n) is 7.39. The first-order valence-corrected chi connectivity index (χ1v) is 10.1. The summed E-state index contributed by atoms with van der Waals surface area (Å²) >= 11 is 0. The van der Waals surface area contributed by atoms with E-state index in [4.69, 9.17) is 0 Å². The van der Waals surface area contributed by atoms with E-state index in [9.17, 15) is 35.9 Å². The van der Waals surface area contributed by atoms with Gasteiger partial charge in [0.2, 0.25) is 0 Å². The maximum absolute atomic E-state index is 13.9. The first kappa shape index (κ1) is 24.2. The van der Waals surface area contributed by atoms with Crippen LogP contribution >= 0.6 is 0 Å². The molecular formula is C21H30F6O2. The van der Waals surface area contributed by atoms with Crippen molar-refractivity contribution < 1.29 is 35.9 Å². The van der Waals surface area contributed by atoms with Gasteiger partial charge in [0.25, 0.3) is 0 Å². The van der Waals surface area contributed by atoms with Gasteiger partial charge in [0, 0.05) is 0 Å². The van der Waals surface area contributed by atoms with Crippen LogP contribution in [0.4, 0.5) is 26.3 Å². The third-order valence-corrected chi connectivity index (χ3v) is 7.39. The molecule has 29 heavy (non-hydrogen) atoms. The molecule has 0 aromatic rings. The second-order valence-corrected chi connectivity index (χ2v) is 10.5. The molecule has 0 aromatic carbocycles. The van der Waals surface area contributed by atoms with Gasteiger partial charge < -0.3 is 0 Å². The van der Waals surface area contributed by atoms with Gasteiger partial charge in [-0.05, 0) is 62.2 Å². The van der Waals surface area contributed by atoms with Crippen molar-refractivity contribution in [3.05, 3.63) is 0 Å². The molecule has 2 saturated carbocycles. The number of rotatable bonds is 4. The van der Waals surface area contributed by atoms with Crippen molar-refractivity contribution >= 4 is 11.6 Å². The lowest BCUT2D eigenvalue weighted by Gasteiger charge is -2.45. The lowest BCUT2D eigenvalue weighted by molar-refractivity contribution is -0.237. The highest BCUT2D eigenvalue weighted by Gasteiger charge is 2.64. The van der Waals surface area contributed by atoms with Gasteiger partial charge in [-0.2, -0.15) is 26.3 Å². The number of hydrogen-bond donors (Lipinski definition) is 0. The molecule has 0 saturated heterocycles. The zero-order valence-electron chi connectivity index (χ0n) is 17.4. The first-order chi connectivity index (χ1) is 12.9. The van der Waals surface area contributed by atoms with Crippen molar-refractivity contribution in [3.8, 4) is 0 Å². The molecule has 168 valence electrons. The summed E-state index contributed by atoms with van der Waals surface area (Å²) in [5, 5.41) is 0. The minimum atomic E-state index is -4.89. The fraction of sp³-hybridized carbons (Fsp3) is 0.905. The number of alkyl halides is 6. The van der Waals surface area contributed by atoms with Crippen LogP contribution in [0.15, 0.2) is 0 Å². The van der Waals surface area contributed by atoms with Gasteiger partial charge >= 0.3 is 12.4 Å². The quantitative estimate of drug-likeness (QED) is 0.364. The molecule has 0 atom stereocenters. The zero-order valence-corrected chi connectivity index (χ0v) is 17.4. The van der Waals surface area contributed by atoms with E-state index in [2.05, 4.69) is 0 Å². The molecule has 2 rings (SSSR count). The summed E-state index contributed by atoms with van der Waals surface area (Å²) in [6, 6.07) is 0. The highest BCUT2D eigenvalue weighted by molar-refractivity contribution is 6.04. The predicted octanol–water partition coefficient (Wildman–Crippen LogP) is 6.81. The largest absolute Gasteiger partial charge is 0.401 e. The zero-order chi connectivity index (χ0) is 22.5. The Morgan fingerprint density at radius 1 is 0.586 bits per heavy atom. The van der Waals surface area contributed by atoms with Gasteiger partial charge in [-0.25, -0.2) is 0 Å². The second kappa shape index (κ2) is 7.26. The summed E-state index contributed by atoms with van der Waals surface area (Å²) in [4.78, 5) is 25.4. The summed E-state index contributed by atoms with van der Waals surface area (Å²) < 4.78 is 83.2. The first-order valence-electron chi connectivity index (χ1n) is 10.1. The lowest BCUT2D eigenvalue weighted by Crippen LogP contribution is -2.53. The van der Waals surface area contributed by atoms with Crippen LogP contribution in [0.1, 0.15) is 85.5 Å². The Labute approximate surface area is 167 Å². The van der Waals surface area contributed by atoms with Crippen molar-refractivity contribution in [2.24, 2.45) is 21.7 Å². The lowest BCUT2D eigenvalue weighted by atomic mass is 9.59. The summed E-state index contributed by atoms with van der Waals surface area (Å²) in [6.45, 7) is 7.19. The topological polar surface area (TPSA) is 34.1 Å². The Hall–Kier alpha value is -1.08. The van der Waals surface area contributed by atoms with E-state index in [0.29, 0.717) is 0 Å². The van der Waals surface area contributed by atoms with E-state index >= 15 is 0 Å². The van der Waals surface area contributed by atoms with Gasteiger partial charge in [0.15, 0.2) is 11.6 Å². The average molecular weight is 428 g/mol. The molecule has 2 nitrogen and oxygen atoms in total. The van der Waals surface area contributed by atoms with Gasteiger partial charge in [0.05, 0.1) is 6.42 Å². The molecule has 2 fully saturated rings. The fourth-order valence-electron chi connectivity index (χ4n) is 4.63. The van der Waals surface area contributed by atoms with Crippen molar-refractivity contribution in [2.45, 2.75) is 97.8 Å². The van der Waals surface area contributed by atoms with Crippen LogP contribution in [0.2, 0.25) is 0 Å². The molecule has 0 aliphatic heterocycles. The minimum absolute atomic E-state index is 0.130. The molecule has 0 spiro atoms. The Bertz CT molecular complexity index is 581. The third kappa shape index (κ3) is 4.50. The standard InChI is InChI=1S/C21H30F6O2/c1-16(2)5-9-18(10-6-16,20(22,23)24)14(28)13-15(29)19(21(25,26)27)11-7-17(3,4)8-12-19/h5-13H2,1-4H3. The molecule has 0 heterocycles. The van der Waals surface area contributed by atoms with Crippen LogP contribution in [0.3, 0.4) is 0 Å². The molecule has 2 aliphatic rings. The molecule has 0 aromatic heterocycles. The van der Waals surface area contributed by atoms with E-state index in [1.807, 2.05) is 0 Å². The Morgan fingerprint density at radius 2 is 0.828 bits per heavy atom. The molecule has 0 radical (unpaired) electrons. The Kier molecular flexibility index (Phi) is 6.05. The summed E-state index contributed by atoms with van der Waals surface area (Å²) in [7, 11) is 0. The Balaban J connectivity index is 2.30. The smallest absolute Gasteiger partial charge is 0.298 e. The minimum Gasteiger partial charge on any atom is -0.298 e. The Morgan fingerprint density at radius 3 is 1.03 bits per heavy atom. The monoisotopic (exact) mass is 428 g/mol. The number of hydrogen-bond acceptors (Lipinski definition) is 2. The van der Waals surface area contributed by atoms with Crippen LogP contribution in [0.5, 0.6) is 0 Å². The van der Waals surface area contributed by atoms with Crippen molar-refractivity contribution in [2.75, 3.05) is 0 Å². The highest BCUT2D eigenvalue weighted by Crippen LogP contribution is 2.57. The molecule has 8 heteroatoms. The van der Waals surface area contributed by atoms with E-state index in [1.165, 1.54) is 0 Å². The summed E-state index contributed by atoms with van der Waals surface area (Å²) in [5.41, 5.74) is -6.19. The molecular weight excluding hydrogens is 398 g/mol. The molecule has 0 unspecified atom stereocenters. The van der Waals surface area contributed by atoms with Crippen LogP contribution in [0, 0.1) is 21.7 Å². The normalized spacial score (nSPS) is 26.0. The predicted molar refractivity (Wildman–Crippen MR) is 96.1 cm³/mol. The molecule has 0 amide bonds.